The van der Waals surface area contributed by atoms with E-state index >= 15 is 0 Å². The van der Waals surface area contributed by atoms with Crippen molar-refractivity contribution in [1.29, 1.82) is 0 Å². The van der Waals surface area contributed by atoms with E-state index in [0.29, 0.717) is 34.2 Å². The van der Waals surface area contributed by atoms with Crippen LogP contribution in [-0.2, 0) is 6.80 Å². The van der Waals surface area contributed by atoms with E-state index in [4.69, 9.17) is 0 Å². The van der Waals surface area contributed by atoms with E-state index < -0.39 is 18.5 Å². The van der Waals surface area contributed by atoms with Gasteiger partial charge in [0.2, 0.25) is 0 Å². The smallest absolute Gasteiger partial charge is 0.253 e. The molecular formula is C24H25F2N5O2. The van der Waals surface area contributed by atoms with E-state index in [1.807, 2.05) is 11.9 Å². The molecule has 2 bridgehead atoms. The van der Waals surface area contributed by atoms with Crippen molar-refractivity contribution in [3.63, 3.8) is 0 Å². The van der Waals surface area contributed by atoms with Crippen LogP contribution in [0.1, 0.15) is 19.3 Å². The number of benzene rings is 1. The Labute approximate surface area is 189 Å². The molecule has 2 aliphatic rings. The van der Waals surface area contributed by atoms with Crippen molar-refractivity contribution in [2.45, 2.75) is 50.4 Å². The van der Waals surface area contributed by atoms with Crippen molar-refractivity contribution >= 4 is 5.82 Å². The van der Waals surface area contributed by atoms with E-state index in [9.17, 15) is 18.7 Å². The van der Waals surface area contributed by atoms with Crippen molar-refractivity contribution in [2.75, 3.05) is 11.9 Å². The third-order valence-electron chi connectivity index (χ3n) is 6.78. The summed E-state index contributed by atoms with van der Waals surface area (Å²) in [5, 5.41) is 13.9. The normalized spacial score (nSPS) is 24.1. The Balaban J connectivity index is 1.36. The Morgan fingerprint density at radius 2 is 2.00 bits per heavy atom. The largest absolute Gasteiger partial charge is 0.507 e. The quantitative estimate of drug-likeness (QED) is 0.617. The first-order valence-corrected chi connectivity index (χ1v) is 11.0. The Hall–Kier alpha value is -3.33. The predicted octanol–water partition coefficient (Wildman–Crippen LogP) is 3.27. The lowest BCUT2D eigenvalue weighted by Crippen LogP contribution is -2.55. The highest BCUT2D eigenvalue weighted by molar-refractivity contribution is 5.74. The highest BCUT2D eigenvalue weighted by Gasteiger charge is 2.43. The fraction of sp³-hybridized carbons (Fsp3) is 0.375. The number of fused-ring (bicyclic) bond motifs is 2. The number of aromatic hydroxyl groups is 1. The number of alkyl halides is 2. The molecule has 3 aromatic rings. The Bertz CT molecular complexity index is 1220. The first-order chi connectivity index (χ1) is 15.9. The Morgan fingerprint density at radius 1 is 1.18 bits per heavy atom. The van der Waals surface area contributed by atoms with Crippen LogP contribution in [0.4, 0.5) is 14.6 Å². The minimum atomic E-state index is -0.959. The van der Waals surface area contributed by atoms with Crippen LogP contribution >= 0.6 is 0 Å². The van der Waals surface area contributed by atoms with Gasteiger partial charge in [-0.3, -0.25) is 14.3 Å². The van der Waals surface area contributed by atoms with Gasteiger partial charge in [0.05, 0.1) is 24.1 Å². The molecule has 2 aromatic heterocycles. The fourth-order valence-corrected chi connectivity index (χ4v) is 4.87. The molecule has 4 heterocycles. The first-order valence-electron chi connectivity index (χ1n) is 11.0. The average Bonchev–Trinajstić information content (AvgIpc) is 3.24. The summed E-state index contributed by atoms with van der Waals surface area (Å²) in [7, 11) is 1.84. The summed E-state index contributed by atoms with van der Waals surface area (Å²) < 4.78 is 28.6. The molecule has 2 aliphatic heterocycles. The molecule has 0 aliphatic carbocycles. The molecule has 1 aromatic carbocycles. The molecular weight excluding hydrogens is 428 g/mol. The van der Waals surface area contributed by atoms with Crippen LogP contribution in [0.3, 0.4) is 0 Å². The zero-order valence-corrected chi connectivity index (χ0v) is 18.2. The number of pyridine rings is 1. The highest BCUT2D eigenvalue weighted by atomic mass is 19.1. The van der Waals surface area contributed by atoms with Gasteiger partial charge in [-0.05, 0) is 48.6 Å². The van der Waals surface area contributed by atoms with Gasteiger partial charge in [-0.1, -0.05) is 6.07 Å². The van der Waals surface area contributed by atoms with Gasteiger partial charge in [0.1, 0.15) is 17.7 Å². The van der Waals surface area contributed by atoms with Crippen molar-refractivity contribution in [3.8, 4) is 28.1 Å². The molecule has 2 fully saturated rings. The van der Waals surface area contributed by atoms with Gasteiger partial charge in [-0.25, -0.2) is 13.8 Å². The van der Waals surface area contributed by atoms with Gasteiger partial charge >= 0.3 is 0 Å². The van der Waals surface area contributed by atoms with E-state index in [2.05, 4.69) is 15.3 Å². The van der Waals surface area contributed by atoms with Gasteiger partial charge in [0.15, 0.2) is 6.80 Å². The Morgan fingerprint density at radius 3 is 2.70 bits per heavy atom. The molecule has 9 heteroatoms. The second kappa shape index (κ2) is 8.55. The maximum atomic E-state index is 14.9. The van der Waals surface area contributed by atoms with Crippen LogP contribution in [0.2, 0.25) is 0 Å². The number of aromatic nitrogens is 3. The van der Waals surface area contributed by atoms with Crippen LogP contribution in [0, 0.1) is 0 Å². The molecule has 0 saturated carbocycles. The standard InChI is InChI=1S/C24H25F2N5O2/c1-30(20-10-16-3-5-18(29-16)24(20)26)22-12-27-19(11-28-22)17-4-2-14(8-21(17)32)15-6-7-31(13-25)23(33)9-15/h2,4,6-9,11-12,16,18,20,24,29,32H,3,5,10,13H2,1H3/t16?,18?,20-,24+/m0/s1. The average molecular weight is 453 g/mol. The number of nitrogens with one attached hydrogen (secondary N) is 1. The van der Waals surface area contributed by atoms with Gasteiger partial charge in [0, 0.05) is 37.0 Å². The summed E-state index contributed by atoms with van der Waals surface area (Å²) in [4.78, 5) is 22.7. The highest BCUT2D eigenvalue weighted by Crippen LogP contribution is 2.34. The molecule has 2 unspecified atom stereocenters. The summed E-state index contributed by atoms with van der Waals surface area (Å²) in [6.45, 7) is -0.891. The molecule has 5 rings (SSSR count). The van der Waals surface area contributed by atoms with E-state index in [1.165, 1.54) is 18.3 Å². The number of anilines is 1. The maximum Gasteiger partial charge on any atom is 0.253 e. The molecule has 172 valence electrons. The van der Waals surface area contributed by atoms with Crippen molar-refractivity contribution in [1.82, 2.24) is 19.9 Å². The second-order valence-electron chi connectivity index (χ2n) is 8.74. The molecule has 2 N–H and O–H groups in total. The lowest BCUT2D eigenvalue weighted by molar-refractivity contribution is 0.176. The second-order valence-corrected chi connectivity index (χ2v) is 8.74. The predicted molar refractivity (Wildman–Crippen MR) is 122 cm³/mol. The third-order valence-corrected chi connectivity index (χ3v) is 6.78. The van der Waals surface area contributed by atoms with E-state index in [-0.39, 0.29) is 17.8 Å². The van der Waals surface area contributed by atoms with E-state index in [1.54, 1.807) is 30.6 Å². The van der Waals surface area contributed by atoms with Crippen LogP contribution in [0.25, 0.3) is 22.4 Å². The number of halogens is 2. The molecule has 33 heavy (non-hydrogen) atoms. The number of phenols is 1. The SMILES string of the molecule is CN(c1cnc(-c2ccc(-c3ccn(CF)c(=O)c3)cc2O)cn1)[C@H]1CC2CCC(N2)[C@H]1F. The molecule has 7 nitrogen and oxygen atoms in total. The number of piperidine rings is 1. The van der Waals surface area contributed by atoms with Crippen LogP contribution in [-0.4, -0.2) is 51.0 Å². The monoisotopic (exact) mass is 453 g/mol. The van der Waals surface area contributed by atoms with Crippen molar-refractivity contribution in [3.05, 3.63) is 59.3 Å². The van der Waals surface area contributed by atoms with Crippen molar-refractivity contribution in [2.24, 2.45) is 0 Å². The molecule has 0 spiro atoms. The molecule has 0 amide bonds. The maximum absolute atomic E-state index is 14.9. The summed E-state index contributed by atoms with van der Waals surface area (Å²) in [5.41, 5.74) is 1.71. The third kappa shape index (κ3) is 3.97. The zero-order chi connectivity index (χ0) is 23.1. The fourth-order valence-electron chi connectivity index (χ4n) is 4.87. The number of hydrogen-bond donors (Lipinski definition) is 2. The van der Waals surface area contributed by atoms with Crippen molar-refractivity contribution < 1.29 is 13.9 Å². The lowest BCUT2D eigenvalue weighted by atomic mass is 9.96. The first kappa shape index (κ1) is 21.5. The number of hydrogen-bond acceptors (Lipinski definition) is 6. The molecule has 0 radical (unpaired) electrons. The number of phenolic OH excluding ortho intramolecular Hbond substituents is 1. The lowest BCUT2D eigenvalue weighted by Gasteiger charge is -2.38. The van der Waals surface area contributed by atoms with Gasteiger partial charge < -0.3 is 15.3 Å². The van der Waals surface area contributed by atoms with Gasteiger partial charge in [-0.2, -0.15) is 0 Å². The summed E-state index contributed by atoms with van der Waals surface area (Å²) in [5.74, 6) is 0.563. The minimum Gasteiger partial charge on any atom is -0.507 e. The molecule has 2 saturated heterocycles. The summed E-state index contributed by atoms with van der Waals surface area (Å²) >= 11 is 0. The zero-order valence-electron chi connectivity index (χ0n) is 18.2. The minimum absolute atomic E-state index is 0.0173. The summed E-state index contributed by atoms with van der Waals surface area (Å²) in [6.07, 6.45) is 6.17. The van der Waals surface area contributed by atoms with Crippen LogP contribution in [0.15, 0.2) is 53.7 Å². The number of nitrogens with zero attached hydrogens (tertiary/aromatic N) is 4. The number of rotatable bonds is 5. The van der Waals surface area contributed by atoms with Crippen LogP contribution < -0.4 is 15.8 Å². The van der Waals surface area contributed by atoms with Gasteiger partial charge in [-0.15, -0.1) is 0 Å². The summed E-state index contributed by atoms with van der Waals surface area (Å²) in [6, 6.07) is 7.93. The van der Waals surface area contributed by atoms with Gasteiger partial charge in [0.25, 0.3) is 5.56 Å². The Kier molecular flexibility index (Phi) is 5.57. The van der Waals surface area contributed by atoms with Crippen LogP contribution in [0.5, 0.6) is 5.75 Å². The van der Waals surface area contributed by atoms with E-state index in [0.717, 1.165) is 23.8 Å². The molecule has 4 atom stereocenters. The topological polar surface area (TPSA) is 83.3 Å².